The molecule has 1 fully saturated rings. The fourth-order valence-electron chi connectivity index (χ4n) is 1.87. The third-order valence-electron chi connectivity index (χ3n) is 2.79. The molecule has 0 spiro atoms. The Hall–Kier alpha value is -1.16. The second-order valence-electron chi connectivity index (χ2n) is 3.62. The van der Waals surface area contributed by atoms with E-state index in [0.717, 1.165) is 18.9 Å². The summed E-state index contributed by atoms with van der Waals surface area (Å²) in [5, 5.41) is 3.32. The molecule has 0 amide bonds. The van der Waals surface area contributed by atoms with Crippen LogP contribution in [0.2, 0.25) is 0 Å². The summed E-state index contributed by atoms with van der Waals surface area (Å²) in [5.41, 5.74) is 0. The Morgan fingerprint density at radius 3 is 2.79 bits per heavy atom. The highest BCUT2D eigenvalue weighted by atomic mass is 15.2. The number of piperidine rings is 1. The van der Waals surface area contributed by atoms with Gasteiger partial charge in [0.15, 0.2) is 0 Å². The van der Waals surface area contributed by atoms with Gasteiger partial charge < -0.3 is 10.2 Å². The second kappa shape index (κ2) is 4.37. The monoisotopic (exact) mass is 192 g/mol. The first-order valence-electron chi connectivity index (χ1n) is 5.08. The van der Waals surface area contributed by atoms with Crippen molar-refractivity contribution in [2.75, 3.05) is 25.0 Å². The molecule has 1 aliphatic heterocycles. The van der Waals surface area contributed by atoms with Crippen molar-refractivity contribution >= 4 is 5.82 Å². The maximum Gasteiger partial charge on any atom is 0.131 e. The van der Waals surface area contributed by atoms with Crippen LogP contribution >= 0.6 is 0 Å². The first kappa shape index (κ1) is 9.40. The quantitative estimate of drug-likeness (QED) is 0.747. The highest BCUT2D eigenvalue weighted by Gasteiger charge is 2.18. The average molecular weight is 192 g/mol. The van der Waals surface area contributed by atoms with Gasteiger partial charge in [-0.1, -0.05) is 0 Å². The summed E-state index contributed by atoms with van der Waals surface area (Å²) in [6.45, 7) is 2.17. The zero-order valence-electron chi connectivity index (χ0n) is 8.48. The van der Waals surface area contributed by atoms with E-state index in [9.17, 15) is 0 Å². The van der Waals surface area contributed by atoms with Crippen molar-refractivity contribution in [2.24, 2.45) is 0 Å². The topological polar surface area (TPSA) is 41.0 Å². The van der Waals surface area contributed by atoms with Crippen molar-refractivity contribution in [1.29, 1.82) is 0 Å². The molecule has 1 aromatic heterocycles. The third kappa shape index (κ3) is 2.01. The van der Waals surface area contributed by atoms with Gasteiger partial charge in [0.05, 0.1) is 0 Å². The number of nitrogens with one attached hydrogen (secondary N) is 1. The Morgan fingerprint density at radius 1 is 1.43 bits per heavy atom. The van der Waals surface area contributed by atoms with Gasteiger partial charge in [0.2, 0.25) is 0 Å². The van der Waals surface area contributed by atoms with E-state index in [1.165, 1.54) is 12.8 Å². The number of nitrogens with zero attached hydrogens (tertiary/aromatic N) is 3. The zero-order chi connectivity index (χ0) is 9.80. The van der Waals surface area contributed by atoms with E-state index in [-0.39, 0.29) is 0 Å². The minimum atomic E-state index is 0.674. The van der Waals surface area contributed by atoms with E-state index in [4.69, 9.17) is 0 Å². The number of anilines is 1. The first-order valence-corrected chi connectivity index (χ1v) is 5.08. The van der Waals surface area contributed by atoms with Gasteiger partial charge in [0.25, 0.3) is 0 Å². The predicted octanol–water partition coefficient (Wildman–Crippen LogP) is 0.665. The summed E-state index contributed by atoms with van der Waals surface area (Å²) in [4.78, 5) is 10.5. The highest BCUT2D eigenvalue weighted by Crippen LogP contribution is 2.16. The summed E-state index contributed by atoms with van der Waals surface area (Å²) >= 11 is 0. The smallest absolute Gasteiger partial charge is 0.131 e. The maximum absolute atomic E-state index is 4.25. The molecule has 0 bridgehead atoms. The molecule has 1 aliphatic rings. The molecule has 2 rings (SSSR count). The van der Waals surface area contributed by atoms with Crippen LogP contribution in [0.15, 0.2) is 18.6 Å². The largest absolute Gasteiger partial charge is 0.356 e. The highest BCUT2D eigenvalue weighted by molar-refractivity contribution is 5.36. The molecular weight excluding hydrogens is 176 g/mol. The van der Waals surface area contributed by atoms with Gasteiger partial charge in [-0.25, -0.2) is 9.97 Å². The molecule has 0 radical (unpaired) electrons. The number of hydrogen-bond acceptors (Lipinski definition) is 4. The fourth-order valence-corrected chi connectivity index (χ4v) is 1.87. The van der Waals surface area contributed by atoms with Gasteiger partial charge in [-0.2, -0.15) is 0 Å². The molecule has 0 aromatic carbocycles. The van der Waals surface area contributed by atoms with Gasteiger partial charge in [-0.15, -0.1) is 0 Å². The van der Waals surface area contributed by atoms with E-state index < -0.39 is 0 Å². The van der Waals surface area contributed by atoms with Crippen LogP contribution in [0, 0.1) is 0 Å². The minimum absolute atomic E-state index is 0.674. The van der Waals surface area contributed by atoms with Gasteiger partial charge in [-0.3, -0.25) is 0 Å². The lowest BCUT2D eigenvalue weighted by Crippen LogP contribution is -2.41. The zero-order valence-corrected chi connectivity index (χ0v) is 8.48. The third-order valence-corrected chi connectivity index (χ3v) is 2.79. The second-order valence-corrected chi connectivity index (χ2v) is 3.62. The standard InChI is InChI=1S/C10H16N4/c1-11-9-3-6-14(7-4-9)10-2-5-12-8-13-10/h2,5,8-9,11H,3-4,6-7H2,1H3. The summed E-state index contributed by atoms with van der Waals surface area (Å²) in [7, 11) is 2.03. The van der Waals surface area contributed by atoms with Gasteiger partial charge in [0, 0.05) is 25.3 Å². The molecule has 1 N–H and O–H groups in total. The van der Waals surface area contributed by atoms with Crippen LogP contribution in [0.1, 0.15) is 12.8 Å². The molecular formula is C10H16N4. The molecule has 4 nitrogen and oxygen atoms in total. The van der Waals surface area contributed by atoms with Crippen LogP contribution in [0.25, 0.3) is 0 Å². The van der Waals surface area contributed by atoms with Crippen LogP contribution in [0.3, 0.4) is 0 Å². The first-order chi connectivity index (χ1) is 6.90. The normalized spacial score (nSPS) is 18.5. The van der Waals surface area contributed by atoms with Gasteiger partial charge in [-0.05, 0) is 26.0 Å². The number of aromatic nitrogens is 2. The summed E-state index contributed by atoms with van der Waals surface area (Å²) in [6, 6.07) is 2.65. The summed E-state index contributed by atoms with van der Waals surface area (Å²) < 4.78 is 0. The predicted molar refractivity (Wildman–Crippen MR) is 56.3 cm³/mol. The lowest BCUT2D eigenvalue weighted by atomic mass is 10.1. The van der Waals surface area contributed by atoms with Crippen molar-refractivity contribution in [3.8, 4) is 0 Å². The molecule has 1 aromatic rings. The van der Waals surface area contributed by atoms with Gasteiger partial charge >= 0.3 is 0 Å². The maximum atomic E-state index is 4.25. The van der Waals surface area contributed by atoms with E-state index >= 15 is 0 Å². The molecule has 0 aliphatic carbocycles. The van der Waals surface area contributed by atoms with Crippen molar-refractivity contribution in [1.82, 2.24) is 15.3 Å². The SMILES string of the molecule is CNC1CCN(c2ccncn2)CC1. The van der Waals surface area contributed by atoms with Crippen LogP contribution in [0.4, 0.5) is 5.82 Å². The lowest BCUT2D eigenvalue weighted by Gasteiger charge is -2.32. The summed E-state index contributed by atoms with van der Waals surface area (Å²) in [6.07, 6.45) is 5.80. The van der Waals surface area contributed by atoms with Crippen molar-refractivity contribution in [2.45, 2.75) is 18.9 Å². The number of rotatable bonds is 2. The molecule has 1 saturated heterocycles. The van der Waals surface area contributed by atoms with Crippen LogP contribution in [0.5, 0.6) is 0 Å². The Balaban J connectivity index is 1.96. The Morgan fingerprint density at radius 2 is 2.21 bits per heavy atom. The number of hydrogen-bond donors (Lipinski definition) is 1. The molecule has 2 heterocycles. The Labute approximate surface area is 84.4 Å². The van der Waals surface area contributed by atoms with Crippen molar-refractivity contribution in [3.63, 3.8) is 0 Å². The van der Waals surface area contributed by atoms with Crippen molar-refractivity contribution in [3.05, 3.63) is 18.6 Å². The fraction of sp³-hybridized carbons (Fsp3) is 0.600. The molecule has 76 valence electrons. The average Bonchev–Trinajstić information content (AvgIpc) is 2.30. The van der Waals surface area contributed by atoms with Crippen LogP contribution in [-0.4, -0.2) is 36.1 Å². The minimum Gasteiger partial charge on any atom is -0.356 e. The molecule has 0 atom stereocenters. The van der Waals surface area contributed by atoms with Crippen molar-refractivity contribution < 1.29 is 0 Å². The molecule has 0 saturated carbocycles. The molecule has 4 heteroatoms. The summed E-state index contributed by atoms with van der Waals surface area (Å²) in [5.74, 6) is 1.05. The molecule has 14 heavy (non-hydrogen) atoms. The van der Waals surface area contributed by atoms with E-state index in [1.807, 2.05) is 13.1 Å². The van der Waals surface area contributed by atoms with Gasteiger partial charge in [0.1, 0.15) is 12.1 Å². The Kier molecular flexibility index (Phi) is 2.93. The Bertz CT molecular complexity index is 267. The lowest BCUT2D eigenvalue weighted by molar-refractivity contribution is 0.440. The molecule has 0 unspecified atom stereocenters. The van der Waals surface area contributed by atoms with E-state index in [1.54, 1.807) is 12.5 Å². The van der Waals surface area contributed by atoms with E-state index in [2.05, 4.69) is 20.2 Å². The van der Waals surface area contributed by atoms with Crippen LogP contribution < -0.4 is 10.2 Å². The van der Waals surface area contributed by atoms with E-state index in [0.29, 0.717) is 6.04 Å². The van der Waals surface area contributed by atoms with Crippen LogP contribution in [-0.2, 0) is 0 Å².